The molecule has 42 heavy (non-hydrogen) atoms. The highest BCUT2D eigenvalue weighted by atomic mass is 16.3. The highest BCUT2D eigenvalue weighted by molar-refractivity contribution is 5.92. The smallest absolute Gasteiger partial charge is 0.243 e. The van der Waals surface area contributed by atoms with Crippen molar-refractivity contribution in [2.45, 2.75) is 132 Å². The van der Waals surface area contributed by atoms with Crippen LogP contribution in [0.2, 0.25) is 0 Å². The Labute approximate surface area is 253 Å². The molecule has 0 radical (unpaired) electrons. The van der Waals surface area contributed by atoms with Gasteiger partial charge in [-0.05, 0) is 49.4 Å². The Kier molecular flexibility index (Phi) is 18.2. The van der Waals surface area contributed by atoms with Gasteiger partial charge in [0.05, 0.1) is 18.6 Å². The fourth-order valence-corrected chi connectivity index (χ4v) is 4.34. The Hall–Kier alpha value is -2.69. The SMILES string of the molecule is CC(C)CCNC(=O)[C@H](C)NC(=O)C[C@H](O)[C@@H](CC(C)C)NC(=O)[C@@H](NC(=O)[C@@H](NC(=O)CC(C)C)C(C)C)C(C)C. The van der Waals surface area contributed by atoms with Crippen molar-refractivity contribution in [3.05, 3.63) is 0 Å². The Morgan fingerprint density at radius 3 is 1.55 bits per heavy atom. The van der Waals surface area contributed by atoms with Gasteiger partial charge in [0.2, 0.25) is 29.5 Å². The maximum absolute atomic E-state index is 13.4. The molecule has 0 unspecified atom stereocenters. The number of rotatable bonds is 19. The van der Waals surface area contributed by atoms with Crippen molar-refractivity contribution in [2.75, 3.05) is 6.54 Å². The first-order valence-electron chi connectivity index (χ1n) is 15.5. The Morgan fingerprint density at radius 2 is 1.07 bits per heavy atom. The Balaban J connectivity index is 5.43. The molecule has 0 heterocycles. The van der Waals surface area contributed by atoms with Crippen LogP contribution in [0.3, 0.4) is 0 Å². The zero-order valence-electron chi connectivity index (χ0n) is 27.8. The molecule has 0 aliphatic heterocycles. The molecule has 0 rings (SSSR count). The van der Waals surface area contributed by atoms with Crippen molar-refractivity contribution < 1.29 is 29.1 Å². The summed E-state index contributed by atoms with van der Waals surface area (Å²) in [6, 6.07) is -3.27. The summed E-state index contributed by atoms with van der Waals surface area (Å²) in [4.78, 5) is 63.9. The number of amides is 5. The lowest BCUT2D eigenvalue weighted by Gasteiger charge is -2.31. The van der Waals surface area contributed by atoms with Gasteiger partial charge in [-0.1, -0.05) is 69.2 Å². The maximum atomic E-state index is 13.4. The van der Waals surface area contributed by atoms with E-state index in [0.29, 0.717) is 18.9 Å². The van der Waals surface area contributed by atoms with Gasteiger partial charge in [0.15, 0.2) is 0 Å². The molecule has 0 fully saturated rings. The first-order chi connectivity index (χ1) is 19.3. The lowest BCUT2D eigenvalue weighted by Crippen LogP contribution is -2.59. The van der Waals surface area contributed by atoms with Crippen LogP contribution in [0, 0.1) is 29.6 Å². The van der Waals surface area contributed by atoms with Gasteiger partial charge in [-0.2, -0.15) is 0 Å². The number of carbonyl (C=O) groups excluding carboxylic acids is 5. The normalized spacial score (nSPS) is 15.3. The van der Waals surface area contributed by atoms with Crippen molar-refractivity contribution in [2.24, 2.45) is 29.6 Å². The quantitative estimate of drug-likeness (QED) is 0.134. The van der Waals surface area contributed by atoms with Crippen molar-refractivity contribution in [3.8, 4) is 0 Å². The van der Waals surface area contributed by atoms with E-state index in [1.165, 1.54) is 0 Å². The molecule has 244 valence electrons. The second kappa shape index (κ2) is 19.5. The van der Waals surface area contributed by atoms with Gasteiger partial charge in [0.25, 0.3) is 0 Å². The van der Waals surface area contributed by atoms with Crippen LogP contribution in [0.5, 0.6) is 0 Å². The van der Waals surface area contributed by atoms with Crippen molar-refractivity contribution in [1.82, 2.24) is 26.6 Å². The summed E-state index contributed by atoms with van der Waals surface area (Å²) in [5, 5.41) is 24.8. The molecule has 0 aromatic carbocycles. The first kappa shape index (κ1) is 39.3. The number of aliphatic hydroxyl groups is 1. The largest absolute Gasteiger partial charge is 0.390 e. The second-order valence-corrected chi connectivity index (χ2v) is 13.4. The van der Waals surface area contributed by atoms with Gasteiger partial charge < -0.3 is 31.7 Å². The fraction of sp³-hybridized carbons (Fsp3) is 0.839. The summed E-state index contributed by atoms with van der Waals surface area (Å²) >= 11 is 0. The van der Waals surface area contributed by atoms with E-state index < -0.39 is 48.0 Å². The Bertz CT molecular complexity index is 874. The average Bonchev–Trinajstić information content (AvgIpc) is 2.83. The molecule has 0 aromatic heterocycles. The summed E-state index contributed by atoms with van der Waals surface area (Å²) in [6.45, 7) is 21.1. The van der Waals surface area contributed by atoms with Crippen LogP contribution in [-0.2, 0) is 24.0 Å². The number of hydrogen-bond donors (Lipinski definition) is 6. The summed E-state index contributed by atoms with van der Waals surface area (Å²) in [6.07, 6.45) is -0.0184. The van der Waals surface area contributed by atoms with Gasteiger partial charge in [0.1, 0.15) is 18.1 Å². The summed E-state index contributed by atoms with van der Waals surface area (Å²) in [5.41, 5.74) is 0. The minimum Gasteiger partial charge on any atom is -0.390 e. The zero-order valence-corrected chi connectivity index (χ0v) is 27.8. The molecule has 0 saturated carbocycles. The average molecular weight is 598 g/mol. The third-order valence-electron chi connectivity index (χ3n) is 6.81. The third kappa shape index (κ3) is 16.1. The van der Waals surface area contributed by atoms with Gasteiger partial charge in [-0.3, -0.25) is 24.0 Å². The summed E-state index contributed by atoms with van der Waals surface area (Å²) in [7, 11) is 0. The molecule has 0 saturated heterocycles. The van der Waals surface area contributed by atoms with Gasteiger partial charge in [-0.15, -0.1) is 0 Å². The molecule has 6 N–H and O–H groups in total. The molecular formula is C31H59N5O6. The predicted octanol–water partition coefficient (Wildman–Crippen LogP) is 2.26. The standard InChI is InChI=1S/C31H59N5O6/c1-17(2)12-13-32-29(40)22(11)33-26(39)16-24(37)23(14-18(3)4)34-30(41)28(21(9)10)36-31(42)27(20(7)8)35-25(38)15-19(5)6/h17-24,27-28,37H,12-16H2,1-11H3,(H,32,40)(H,33,39)(H,34,41)(H,35,38)(H,36,42)/t22-,23+,24-,27-,28-/m0/s1. The topological polar surface area (TPSA) is 166 Å². The second-order valence-electron chi connectivity index (χ2n) is 13.4. The van der Waals surface area contributed by atoms with E-state index in [-0.39, 0.29) is 48.3 Å². The van der Waals surface area contributed by atoms with E-state index in [0.717, 1.165) is 6.42 Å². The van der Waals surface area contributed by atoms with Crippen LogP contribution >= 0.6 is 0 Å². The molecule has 0 aromatic rings. The first-order valence-corrected chi connectivity index (χ1v) is 15.5. The molecule has 11 nitrogen and oxygen atoms in total. The van der Waals surface area contributed by atoms with Crippen molar-refractivity contribution in [1.29, 1.82) is 0 Å². The zero-order chi connectivity index (χ0) is 32.7. The van der Waals surface area contributed by atoms with Crippen LogP contribution < -0.4 is 26.6 Å². The van der Waals surface area contributed by atoms with E-state index in [1.807, 2.05) is 41.5 Å². The third-order valence-corrected chi connectivity index (χ3v) is 6.81. The number of hydrogen-bond acceptors (Lipinski definition) is 6. The summed E-state index contributed by atoms with van der Waals surface area (Å²) < 4.78 is 0. The molecule has 0 aliphatic carbocycles. The molecule has 11 heteroatoms. The highest BCUT2D eigenvalue weighted by Crippen LogP contribution is 2.14. The molecular weight excluding hydrogens is 538 g/mol. The van der Waals surface area contributed by atoms with E-state index in [2.05, 4.69) is 40.4 Å². The molecule has 0 spiro atoms. The van der Waals surface area contributed by atoms with E-state index in [4.69, 9.17) is 0 Å². The van der Waals surface area contributed by atoms with Crippen LogP contribution in [0.1, 0.15) is 102 Å². The lowest BCUT2D eigenvalue weighted by molar-refractivity contribution is -0.134. The minimum absolute atomic E-state index is 0.0900. The predicted molar refractivity (Wildman–Crippen MR) is 165 cm³/mol. The fourth-order valence-electron chi connectivity index (χ4n) is 4.34. The number of carbonyl (C=O) groups is 5. The highest BCUT2D eigenvalue weighted by Gasteiger charge is 2.33. The number of nitrogens with one attached hydrogen (secondary N) is 5. The molecule has 0 aliphatic rings. The molecule has 0 bridgehead atoms. The van der Waals surface area contributed by atoms with E-state index in [1.54, 1.807) is 20.8 Å². The maximum Gasteiger partial charge on any atom is 0.243 e. The number of aliphatic hydroxyl groups excluding tert-OH is 1. The van der Waals surface area contributed by atoms with Gasteiger partial charge >= 0.3 is 0 Å². The van der Waals surface area contributed by atoms with Gasteiger partial charge in [0, 0.05) is 13.0 Å². The van der Waals surface area contributed by atoms with Crippen LogP contribution in [0.25, 0.3) is 0 Å². The Morgan fingerprint density at radius 1 is 0.571 bits per heavy atom. The minimum atomic E-state index is -1.21. The van der Waals surface area contributed by atoms with Crippen molar-refractivity contribution in [3.63, 3.8) is 0 Å². The molecule has 5 atom stereocenters. The van der Waals surface area contributed by atoms with Crippen LogP contribution in [0.15, 0.2) is 0 Å². The van der Waals surface area contributed by atoms with E-state index >= 15 is 0 Å². The van der Waals surface area contributed by atoms with Crippen LogP contribution in [-0.4, -0.2) is 71.5 Å². The molecule has 5 amide bonds. The van der Waals surface area contributed by atoms with Gasteiger partial charge in [-0.25, -0.2) is 0 Å². The lowest BCUT2D eigenvalue weighted by atomic mass is 9.95. The van der Waals surface area contributed by atoms with E-state index in [9.17, 15) is 29.1 Å². The van der Waals surface area contributed by atoms with Crippen LogP contribution in [0.4, 0.5) is 0 Å². The summed E-state index contributed by atoms with van der Waals surface area (Å²) in [5.74, 6) is -1.82. The van der Waals surface area contributed by atoms with Crippen molar-refractivity contribution >= 4 is 29.5 Å². The monoisotopic (exact) mass is 597 g/mol.